The Bertz CT molecular complexity index is 635. The summed E-state index contributed by atoms with van der Waals surface area (Å²) in [4.78, 5) is 16.7. The van der Waals surface area contributed by atoms with Gasteiger partial charge in [-0.25, -0.2) is 4.68 Å². The van der Waals surface area contributed by atoms with E-state index in [0.29, 0.717) is 0 Å². The quantitative estimate of drug-likeness (QED) is 0.840. The smallest absolute Gasteiger partial charge is 0.246 e. The Kier molecular flexibility index (Phi) is 4.94. The van der Waals surface area contributed by atoms with Crippen molar-refractivity contribution in [2.24, 2.45) is 0 Å². The van der Waals surface area contributed by atoms with Crippen LogP contribution in [0.4, 0.5) is 5.69 Å². The van der Waals surface area contributed by atoms with Crippen LogP contribution in [0.25, 0.3) is 0 Å². The lowest BCUT2D eigenvalue weighted by Crippen LogP contribution is -2.43. The number of rotatable bonds is 5. The number of aromatic nitrogens is 4. The monoisotopic (exact) mass is 315 g/mol. The molecule has 1 saturated heterocycles. The Hall–Kier alpha value is -2.32. The zero-order chi connectivity index (χ0) is 16.1. The molecule has 0 unspecified atom stereocenters. The summed E-state index contributed by atoms with van der Waals surface area (Å²) < 4.78 is 1.39. The molecule has 3 rings (SSSR count). The number of hydrogen-bond donors (Lipinski definition) is 1. The van der Waals surface area contributed by atoms with Crippen molar-refractivity contribution in [3.05, 3.63) is 36.2 Å². The number of carbonyl (C=O) groups is 1. The highest BCUT2D eigenvalue weighted by Crippen LogP contribution is 2.14. The van der Waals surface area contributed by atoms with Crippen LogP contribution in [-0.4, -0.2) is 69.1 Å². The van der Waals surface area contributed by atoms with Gasteiger partial charge >= 0.3 is 0 Å². The van der Waals surface area contributed by atoms with E-state index in [2.05, 4.69) is 43.8 Å². The Labute approximate surface area is 135 Å². The van der Waals surface area contributed by atoms with Gasteiger partial charge in [0.05, 0.1) is 0 Å². The molecule has 0 radical (unpaired) electrons. The van der Waals surface area contributed by atoms with Gasteiger partial charge in [0.15, 0.2) is 0 Å². The highest BCUT2D eigenvalue weighted by atomic mass is 16.2. The number of anilines is 1. The maximum Gasteiger partial charge on any atom is 0.246 e. The Balaban J connectivity index is 1.55. The summed E-state index contributed by atoms with van der Waals surface area (Å²) in [6.07, 6.45) is 1.42. The van der Waals surface area contributed by atoms with Gasteiger partial charge in [0.2, 0.25) is 5.91 Å². The van der Waals surface area contributed by atoms with E-state index in [1.807, 2.05) is 18.2 Å². The fourth-order valence-corrected chi connectivity index (χ4v) is 2.61. The summed E-state index contributed by atoms with van der Waals surface area (Å²) in [6.45, 7) is 5.36. The van der Waals surface area contributed by atoms with Crippen LogP contribution in [0.1, 0.15) is 5.56 Å². The molecule has 1 aliphatic rings. The zero-order valence-electron chi connectivity index (χ0n) is 13.2. The summed E-state index contributed by atoms with van der Waals surface area (Å²) in [5.74, 6) is -0.144. The van der Waals surface area contributed by atoms with E-state index >= 15 is 0 Å². The zero-order valence-corrected chi connectivity index (χ0v) is 13.2. The Morgan fingerprint density at radius 2 is 2.09 bits per heavy atom. The molecular weight excluding hydrogens is 294 g/mol. The molecule has 2 aromatic rings. The van der Waals surface area contributed by atoms with E-state index in [1.165, 1.54) is 16.6 Å². The van der Waals surface area contributed by atoms with E-state index in [1.54, 1.807) is 0 Å². The number of piperazine rings is 1. The van der Waals surface area contributed by atoms with Crippen molar-refractivity contribution in [1.82, 2.24) is 30.0 Å². The second kappa shape index (κ2) is 7.30. The molecule has 1 aliphatic heterocycles. The van der Waals surface area contributed by atoms with Gasteiger partial charge in [0, 0.05) is 38.4 Å². The highest BCUT2D eigenvalue weighted by molar-refractivity contribution is 5.90. The largest absolute Gasteiger partial charge is 0.324 e. The summed E-state index contributed by atoms with van der Waals surface area (Å²) >= 11 is 0. The predicted octanol–water partition coefficient (Wildman–Crippen LogP) is 0.0592. The number of likely N-dealkylation sites (N-methyl/N-ethyl adjacent to an activating group) is 1. The topological polar surface area (TPSA) is 79.2 Å². The average Bonchev–Trinajstić information content (AvgIpc) is 3.03. The van der Waals surface area contributed by atoms with Gasteiger partial charge in [-0.2, -0.15) is 0 Å². The molecule has 1 aromatic carbocycles. The van der Waals surface area contributed by atoms with E-state index in [-0.39, 0.29) is 12.5 Å². The standard InChI is InChI=1S/C15H21N7O/c1-20-5-7-21(8-6-20)10-13-3-2-4-14(9-13)17-15(23)11-22-12-16-18-19-22/h2-4,9,12H,5-8,10-11H2,1H3,(H,17,23). The molecule has 8 nitrogen and oxygen atoms in total. The first-order valence-corrected chi connectivity index (χ1v) is 7.69. The van der Waals surface area contributed by atoms with Gasteiger partial charge < -0.3 is 10.2 Å². The fraction of sp³-hybridized carbons (Fsp3) is 0.467. The van der Waals surface area contributed by atoms with E-state index in [9.17, 15) is 4.79 Å². The number of nitrogens with zero attached hydrogens (tertiary/aromatic N) is 6. The minimum absolute atomic E-state index is 0.107. The second-order valence-electron chi connectivity index (χ2n) is 5.84. The van der Waals surface area contributed by atoms with Crippen molar-refractivity contribution < 1.29 is 4.79 Å². The van der Waals surface area contributed by atoms with Crippen LogP contribution in [0.5, 0.6) is 0 Å². The minimum Gasteiger partial charge on any atom is -0.324 e. The average molecular weight is 315 g/mol. The minimum atomic E-state index is -0.144. The number of amides is 1. The molecule has 1 fully saturated rings. The van der Waals surface area contributed by atoms with Crippen LogP contribution in [-0.2, 0) is 17.9 Å². The third-order valence-electron chi connectivity index (χ3n) is 3.91. The lowest BCUT2D eigenvalue weighted by Gasteiger charge is -2.32. The first kappa shape index (κ1) is 15.6. The highest BCUT2D eigenvalue weighted by Gasteiger charge is 2.14. The molecule has 0 atom stereocenters. The van der Waals surface area contributed by atoms with Crippen LogP contribution >= 0.6 is 0 Å². The van der Waals surface area contributed by atoms with Gasteiger partial charge in [-0.05, 0) is 35.2 Å². The number of benzene rings is 1. The maximum absolute atomic E-state index is 12.0. The van der Waals surface area contributed by atoms with Crippen LogP contribution < -0.4 is 5.32 Å². The molecular formula is C15H21N7O. The molecule has 2 heterocycles. The van der Waals surface area contributed by atoms with Gasteiger partial charge in [-0.1, -0.05) is 12.1 Å². The van der Waals surface area contributed by atoms with Crippen LogP contribution in [0.3, 0.4) is 0 Å². The number of hydrogen-bond acceptors (Lipinski definition) is 6. The van der Waals surface area contributed by atoms with Crippen molar-refractivity contribution in [3.63, 3.8) is 0 Å². The molecule has 122 valence electrons. The van der Waals surface area contributed by atoms with E-state index < -0.39 is 0 Å². The molecule has 0 saturated carbocycles. The predicted molar refractivity (Wildman–Crippen MR) is 85.7 cm³/mol. The summed E-state index contributed by atoms with van der Waals surface area (Å²) in [5.41, 5.74) is 2.00. The molecule has 23 heavy (non-hydrogen) atoms. The van der Waals surface area contributed by atoms with E-state index in [0.717, 1.165) is 38.4 Å². The molecule has 1 N–H and O–H groups in total. The van der Waals surface area contributed by atoms with Crippen molar-refractivity contribution in [2.45, 2.75) is 13.1 Å². The first-order chi connectivity index (χ1) is 11.2. The third-order valence-corrected chi connectivity index (χ3v) is 3.91. The third kappa shape index (κ3) is 4.57. The molecule has 8 heteroatoms. The Morgan fingerprint density at radius 1 is 1.26 bits per heavy atom. The van der Waals surface area contributed by atoms with Crippen LogP contribution in [0.2, 0.25) is 0 Å². The summed E-state index contributed by atoms with van der Waals surface area (Å²) in [6, 6.07) is 7.98. The number of carbonyl (C=O) groups excluding carboxylic acids is 1. The number of tetrazole rings is 1. The maximum atomic E-state index is 12.0. The van der Waals surface area contributed by atoms with Gasteiger partial charge in [0.25, 0.3) is 0 Å². The van der Waals surface area contributed by atoms with E-state index in [4.69, 9.17) is 0 Å². The Morgan fingerprint density at radius 3 is 2.83 bits per heavy atom. The summed E-state index contributed by atoms with van der Waals surface area (Å²) in [7, 11) is 2.15. The lowest BCUT2D eigenvalue weighted by molar-refractivity contribution is -0.116. The molecule has 0 aliphatic carbocycles. The van der Waals surface area contributed by atoms with Gasteiger partial charge in [-0.3, -0.25) is 9.69 Å². The molecule has 1 amide bonds. The molecule has 0 bridgehead atoms. The van der Waals surface area contributed by atoms with Crippen LogP contribution in [0.15, 0.2) is 30.6 Å². The van der Waals surface area contributed by atoms with Crippen molar-refractivity contribution in [2.75, 3.05) is 38.5 Å². The van der Waals surface area contributed by atoms with Crippen molar-refractivity contribution in [1.29, 1.82) is 0 Å². The molecule has 1 aromatic heterocycles. The molecule has 0 spiro atoms. The summed E-state index contributed by atoms with van der Waals surface area (Å²) in [5, 5.41) is 13.6. The van der Waals surface area contributed by atoms with Gasteiger partial charge in [0.1, 0.15) is 12.9 Å². The van der Waals surface area contributed by atoms with Crippen molar-refractivity contribution >= 4 is 11.6 Å². The fourth-order valence-electron chi connectivity index (χ4n) is 2.61. The lowest BCUT2D eigenvalue weighted by atomic mass is 10.1. The SMILES string of the molecule is CN1CCN(Cc2cccc(NC(=O)Cn3cnnn3)c2)CC1. The van der Waals surface area contributed by atoms with Crippen LogP contribution in [0, 0.1) is 0 Å². The number of nitrogens with one attached hydrogen (secondary N) is 1. The second-order valence-corrected chi connectivity index (χ2v) is 5.84. The normalized spacial score (nSPS) is 16.4. The van der Waals surface area contributed by atoms with Crippen molar-refractivity contribution in [3.8, 4) is 0 Å². The van der Waals surface area contributed by atoms with Gasteiger partial charge in [-0.15, -0.1) is 5.10 Å². The first-order valence-electron chi connectivity index (χ1n) is 7.69.